The van der Waals surface area contributed by atoms with Crippen molar-refractivity contribution in [1.82, 2.24) is 20.2 Å². The largest absolute Gasteiger partial charge is 0.449 e. The van der Waals surface area contributed by atoms with E-state index in [4.69, 9.17) is 9.15 Å². The molecule has 1 saturated heterocycles. The predicted molar refractivity (Wildman–Crippen MR) is 138 cm³/mol. The standard InChI is InChI=1S/C24H26N8O3S/c1-15-12-17(26-23(33)29-22-4-3-9-35-22)5-6-18(15)36-24-25-16(2)13-19(28-24)27-20-14-21(31-30-20)32-7-10-34-11-8-32/h3-6,9,12-14H,7-8,10-11H2,1-2H3,(H2,26,29,33)(H2,25,27,28,30,31). The molecule has 11 nitrogen and oxygen atoms in total. The topological polar surface area (TPSA) is 133 Å². The van der Waals surface area contributed by atoms with Gasteiger partial charge in [-0.3, -0.25) is 10.4 Å². The summed E-state index contributed by atoms with van der Waals surface area (Å²) in [6.07, 6.45) is 1.50. The van der Waals surface area contributed by atoms with E-state index < -0.39 is 0 Å². The smallest absolute Gasteiger partial charge is 0.326 e. The molecule has 1 fully saturated rings. The Balaban J connectivity index is 1.24. The normalized spacial score (nSPS) is 13.4. The van der Waals surface area contributed by atoms with Gasteiger partial charge in [-0.05, 0) is 55.4 Å². The van der Waals surface area contributed by atoms with Crippen LogP contribution in [0.25, 0.3) is 0 Å². The number of aromatic nitrogens is 4. The summed E-state index contributed by atoms with van der Waals surface area (Å²) in [4.78, 5) is 24.6. The van der Waals surface area contributed by atoms with Gasteiger partial charge in [0.1, 0.15) is 11.6 Å². The Labute approximate surface area is 212 Å². The van der Waals surface area contributed by atoms with Gasteiger partial charge < -0.3 is 24.7 Å². The van der Waals surface area contributed by atoms with Crippen molar-refractivity contribution in [3.05, 3.63) is 60.0 Å². The molecule has 1 aliphatic rings. The minimum atomic E-state index is -0.377. The zero-order chi connectivity index (χ0) is 24.9. The first-order valence-corrected chi connectivity index (χ1v) is 12.2. The number of nitrogens with zero attached hydrogens (tertiary/aromatic N) is 4. The van der Waals surface area contributed by atoms with E-state index in [1.54, 1.807) is 12.1 Å². The fourth-order valence-corrected chi connectivity index (χ4v) is 4.57. The van der Waals surface area contributed by atoms with Crippen molar-refractivity contribution in [1.29, 1.82) is 0 Å². The van der Waals surface area contributed by atoms with Gasteiger partial charge in [0, 0.05) is 47.6 Å². The molecule has 186 valence electrons. The van der Waals surface area contributed by atoms with E-state index in [1.807, 2.05) is 44.2 Å². The van der Waals surface area contributed by atoms with Crippen LogP contribution in [0.4, 0.5) is 33.8 Å². The molecule has 0 unspecified atom stereocenters. The molecule has 12 heteroatoms. The molecule has 36 heavy (non-hydrogen) atoms. The van der Waals surface area contributed by atoms with Crippen molar-refractivity contribution >= 4 is 46.8 Å². The Kier molecular flexibility index (Phi) is 7.05. The molecule has 5 rings (SSSR count). The van der Waals surface area contributed by atoms with Crippen molar-refractivity contribution in [3.8, 4) is 0 Å². The van der Waals surface area contributed by atoms with Crippen molar-refractivity contribution < 1.29 is 13.9 Å². The molecular weight excluding hydrogens is 480 g/mol. The second-order valence-corrected chi connectivity index (χ2v) is 9.19. The lowest BCUT2D eigenvalue weighted by atomic mass is 10.2. The number of ether oxygens (including phenoxy) is 1. The SMILES string of the molecule is Cc1cc(Nc2cc(N3CCOCC3)n[nH]2)nc(Sc2ccc(NC(=O)Nc3ccco3)cc2C)n1. The third-order valence-electron chi connectivity index (χ3n) is 5.39. The van der Waals surface area contributed by atoms with Crippen molar-refractivity contribution in [3.63, 3.8) is 0 Å². The lowest BCUT2D eigenvalue weighted by Crippen LogP contribution is -2.36. The molecule has 1 aromatic carbocycles. The summed E-state index contributed by atoms with van der Waals surface area (Å²) in [6, 6.07) is 12.5. The van der Waals surface area contributed by atoms with Crippen LogP contribution in [0.3, 0.4) is 0 Å². The monoisotopic (exact) mass is 506 g/mol. The Morgan fingerprint density at radius 1 is 1.08 bits per heavy atom. The molecule has 0 aliphatic carbocycles. The number of rotatable bonds is 7. The van der Waals surface area contributed by atoms with Crippen molar-refractivity contribution in [2.75, 3.05) is 47.2 Å². The average molecular weight is 507 g/mol. The fourth-order valence-electron chi connectivity index (χ4n) is 3.68. The van der Waals surface area contributed by atoms with E-state index in [1.165, 1.54) is 18.0 Å². The van der Waals surface area contributed by atoms with Gasteiger partial charge in [-0.25, -0.2) is 14.8 Å². The molecule has 0 radical (unpaired) electrons. The highest BCUT2D eigenvalue weighted by atomic mass is 32.2. The summed E-state index contributed by atoms with van der Waals surface area (Å²) in [5.41, 5.74) is 2.50. The highest BCUT2D eigenvalue weighted by Crippen LogP contribution is 2.31. The Morgan fingerprint density at radius 2 is 1.94 bits per heavy atom. The quantitative estimate of drug-likeness (QED) is 0.261. The Morgan fingerprint density at radius 3 is 2.72 bits per heavy atom. The highest BCUT2D eigenvalue weighted by molar-refractivity contribution is 7.99. The van der Waals surface area contributed by atoms with Crippen molar-refractivity contribution in [2.24, 2.45) is 0 Å². The number of amides is 2. The number of aryl methyl sites for hydroxylation is 2. The van der Waals surface area contributed by atoms with Crippen LogP contribution in [-0.4, -0.2) is 52.5 Å². The van der Waals surface area contributed by atoms with Crippen LogP contribution in [0.15, 0.2) is 63.2 Å². The van der Waals surface area contributed by atoms with Crippen LogP contribution in [0.2, 0.25) is 0 Å². The number of hydrogen-bond donors (Lipinski definition) is 4. The molecule has 0 spiro atoms. The van der Waals surface area contributed by atoms with Crippen LogP contribution in [0.1, 0.15) is 11.3 Å². The van der Waals surface area contributed by atoms with Gasteiger partial charge in [0.25, 0.3) is 0 Å². The number of H-pyrrole nitrogens is 1. The summed E-state index contributed by atoms with van der Waals surface area (Å²) in [5, 5.41) is 16.8. The zero-order valence-electron chi connectivity index (χ0n) is 19.9. The number of carbonyl (C=O) groups excluding carboxylic acids is 1. The second kappa shape index (κ2) is 10.7. The summed E-state index contributed by atoms with van der Waals surface area (Å²) in [6.45, 7) is 6.96. The molecule has 0 bridgehead atoms. The first-order chi connectivity index (χ1) is 17.5. The van der Waals surface area contributed by atoms with E-state index in [0.29, 0.717) is 35.8 Å². The van der Waals surface area contributed by atoms with Gasteiger partial charge in [0.05, 0.1) is 19.5 Å². The third-order valence-corrected chi connectivity index (χ3v) is 6.43. The zero-order valence-corrected chi connectivity index (χ0v) is 20.7. The van der Waals surface area contributed by atoms with E-state index in [9.17, 15) is 4.79 Å². The first kappa shape index (κ1) is 23.7. The van der Waals surface area contributed by atoms with E-state index >= 15 is 0 Å². The third kappa shape index (κ3) is 5.96. The van der Waals surface area contributed by atoms with Crippen LogP contribution < -0.4 is 20.9 Å². The summed E-state index contributed by atoms with van der Waals surface area (Å²) >= 11 is 1.46. The lowest BCUT2D eigenvalue weighted by molar-refractivity contribution is 0.122. The van der Waals surface area contributed by atoms with Gasteiger partial charge in [-0.15, -0.1) is 0 Å². The van der Waals surface area contributed by atoms with E-state index in [-0.39, 0.29) is 6.03 Å². The Bertz CT molecular complexity index is 1340. The minimum absolute atomic E-state index is 0.377. The first-order valence-electron chi connectivity index (χ1n) is 11.4. The van der Waals surface area contributed by atoms with Gasteiger partial charge in [0.2, 0.25) is 5.88 Å². The number of carbonyl (C=O) groups is 1. The van der Waals surface area contributed by atoms with Gasteiger partial charge in [0.15, 0.2) is 11.0 Å². The van der Waals surface area contributed by atoms with Crippen LogP contribution in [-0.2, 0) is 4.74 Å². The maximum absolute atomic E-state index is 12.2. The molecule has 0 atom stereocenters. The van der Waals surface area contributed by atoms with Crippen LogP contribution >= 0.6 is 11.8 Å². The average Bonchev–Trinajstić information content (AvgIpc) is 3.53. The number of aromatic amines is 1. The summed E-state index contributed by atoms with van der Waals surface area (Å²) < 4.78 is 10.5. The fraction of sp³-hybridized carbons (Fsp3) is 0.250. The predicted octanol–water partition coefficient (Wildman–Crippen LogP) is 4.78. The second-order valence-electron chi connectivity index (χ2n) is 8.18. The Hall–Kier alpha value is -4.03. The molecule has 1 aliphatic heterocycles. The molecule has 0 saturated carbocycles. The number of benzene rings is 1. The van der Waals surface area contributed by atoms with Gasteiger partial charge >= 0.3 is 6.03 Å². The van der Waals surface area contributed by atoms with Crippen LogP contribution in [0, 0.1) is 13.8 Å². The number of nitrogens with one attached hydrogen (secondary N) is 4. The number of furan rings is 1. The lowest BCUT2D eigenvalue weighted by Gasteiger charge is -2.26. The molecule has 4 N–H and O–H groups in total. The number of hydrogen-bond acceptors (Lipinski definition) is 9. The minimum Gasteiger partial charge on any atom is -0.449 e. The number of morpholine rings is 1. The van der Waals surface area contributed by atoms with E-state index in [2.05, 4.69) is 41.0 Å². The molecule has 2 amide bonds. The van der Waals surface area contributed by atoms with Crippen LogP contribution in [0.5, 0.6) is 0 Å². The molecular formula is C24H26N8O3S. The maximum atomic E-state index is 12.2. The maximum Gasteiger partial charge on any atom is 0.326 e. The number of anilines is 5. The van der Waals surface area contributed by atoms with Gasteiger partial charge in [-0.2, -0.15) is 5.10 Å². The summed E-state index contributed by atoms with van der Waals surface area (Å²) in [7, 11) is 0. The highest BCUT2D eigenvalue weighted by Gasteiger charge is 2.15. The molecule has 4 heterocycles. The molecule has 3 aromatic heterocycles. The van der Waals surface area contributed by atoms with Crippen molar-refractivity contribution in [2.45, 2.75) is 23.9 Å². The van der Waals surface area contributed by atoms with Gasteiger partial charge in [-0.1, -0.05) is 0 Å². The number of urea groups is 1. The summed E-state index contributed by atoms with van der Waals surface area (Å²) in [5.74, 6) is 2.69. The molecule has 4 aromatic rings. The van der Waals surface area contributed by atoms with E-state index in [0.717, 1.165) is 40.9 Å².